The number of hydrogen-bond donors (Lipinski definition) is 0. The van der Waals surface area contributed by atoms with Gasteiger partial charge < -0.3 is 4.90 Å². The zero-order valence-corrected chi connectivity index (χ0v) is 15.0. The molecular formula is C18H22N2OS2. The Balaban J connectivity index is 1.54. The Morgan fingerprint density at radius 2 is 2.22 bits per heavy atom. The fourth-order valence-corrected chi connectivity index (χ4v) is 5.74. The highest BCUT2D eigenvalue weighted by atomic mass is 32.1. The van der Waals surface area contributed by atoms with Crippen molar-refractivity contribution in [1.29, 1.82) is 0 Å². The first kappa shape index (κ1) is 15.4. The number of nitrogens with zero attached hydrogens (tertiary/aromatic N) is 2. The van der Waals surface area contributed by atoms with Crippen molar-refractivity contribution in [3.8, 4) is 0 Å². The van der Waals surface area contributed by atoms with Gasteiger partial charge in [0.1, 0.15) is 0 Å². The number of carbonyl (C=O) groups excluding carboxylic acids is 1. The van der Waals surface area contributed by atoms with Crippen molar-refractivity contribution in [2.24, 2.45) is 5.92 Å². The molecule has 4 heterocycles. The van der Waals surface area contributed by atoms with Gasteiger partial charge in [-0.3, -0.25) is 9.69 Å². The van der Waals surface area contributed by atoms with E-state index in [0.29, 0.717) is 17.9 Å². The Morgan fingerprint density at radius 3 is 2.91 bits per heavy atom. The summed E-state index contributed by atoms with van der Waals surface area (Å²) in [6.07, 6.45) is 1.11. The minimum absolute atomic E-state index is 0.240. The molecule has 0 aliphatic carbocycles. The number of rotatable bonds is 3. The van der Waals surface area contributed by atoms with Gasteiger partial charge in [-0.2, -0.15) is 11.3 Å². The van der Waals surface area contributed by atoms with Gasteiger partial charge in [0.25, 0.3) is 0 Å². The molecule has 0 radical (unpaired) electrons. The van der Waals surface area contributed by atoms with Crippen LogP contribution in [0, 0.1) is 5.92 Å². The van der Waals surface area contributed by atoms with Crippen molar-refractivity contribution < 1.29 is 4.79 Å². The second kappa shape index (κ2) is 6.38. The van der Waals surface area contributed by atoms with E-state index in [0.717, 1.165) is 32.6 Å². The van der Waals surface area contributed by atoms with Crippen molar-refractivity contribution in [3.63, 3.8) is 0 Å². The number of amides is 1. The molecule has 4 rings (SSSR count). The Labute approximate surface area is 145 Å². The predicted molar refractivity (Wildman–Crippen MR) is 95.9 cm³/mol. The molecule has 2 fully saturated rings. The maximum absolute atomic E-state index is 12.1. The summed E-state index contributed by atoms with van der Waals surface area (Å²) in [6.45, 7) is 5.88. The summed E-state index contributed by atoms with van der Waals surface area (Å²) in [5, 5.41) is 6.58. The van der Waals surface area contributed by atoms with Crippen LogP contribution in [0.15, 0.2) is 34.3 Å². The fourth-order valence-electron chi connectivity index (χ4n) is 4.27. The summed E-state index contributed by atoms with van der Waals surface area (Å²) in [7, 11) is 0. The molecule has 2 aliphatic rings. The molecule has 23 heavy (non-hydrogen) atoms. The van der Waals surface area contributed by atoms with Gasteiger partial charge in [0.15, 0.2) is 0 Å². The van der Waals surface area contributed by atoms with E-state index in [1.165, 1.54) is 10.4 Å². The van der Waals surface area contributed by atoms with Gasteiger partial charge in [-0.1, -0.05) is 6.07 Å². The van der Waals surface area contributed by atoms with E-state index in [9.17, 15) is 4.79 Å². The van der Waals surface area contributed by atoms with E-state index in [4.69, 9.17) is 0 Å². The largest absolute Gasteiger partial charge is 0.339 e. The minimum atomic E-state index is 0.240. The molecule has 0 spiro atoms. The molecule has 3 nitrogen and oxygen atoms in total. The predicted octanol–water partition coefficient (Wildman–Crippen LogP) is 3.65. The topological polar surface area (TPSA) is 23.6 Å². The maximum Gasteiger partial charge on any atom is 0.219 e. The minimum Gasteiger partial charge on any atom is -0.339 e. The van der Waals surface area contributed by atoms with Crippen LogP contribution in [0.2, 0.25) is 0 Å². The Bertz CT molecular complexity index is 653. The van der Waals surface area contributed by atoms with Crippen molar-refractivity contribution in [1.82, 2.24) is 9.80 Å². The van der Waals surface area contributed by atoms with Crippen LogP contribution in [0.1, 0.15) is 29.7 Å². The summed E-state index contributed by atoms with van der Waals surface area (Å²) in [4.78, 5) is 18.2. The molecule has 2 aromatic rings. The van der Waals surface area contributed by atoms with Crippen molar-refractivity contribution in [2.45, 2.75) is 31.8 Å². The molecule has 0 unspecified atom stereocenters. The quantitative estimate of drug-likeness (QED) is 0.847. The van der Waals surface area contributed by atoms with Crippen molar-refractivity contribution >= 4 is 28.6 Å². The lowest BCUT2D eigenvalue weighted by Gasteiger charge is -2.38. The summed E-state index contributed by atoms with van der Waals surface area (Å²) in [5.41, 5.74) is 1.42. The van der Waals surface area contributed by atoms with Crippen molar-refractivity contribution in [3.05, 3.63) is 44.8 Å². The first-order chi connectivity index (χ1) is 11.2. The average Bonchev–Trinajstić information content (AvgIpc) is 3.27. The molecule has 1 amide bonds. The molecule has 2 aromatic heterocycles. The van der Waals surface area contributed by atoms with Crippen LogP contribution in [0.4, 0.5) is 0 Å². The third-order valence-electron chi connectivity index (χ3n) is 5.35. The number of fused-ring (bicyclic) bond motifs is 1. The third-order valence-corrected chi connectivity index (χ3v) is 6.91. The van der Waals surface area contributed by atoms with E-state index in [1.807, 2.05) is 11.3 Å². The molecule has 0 saturated carbocycles. The summed E-state index contributed by atoms with van der Waals surface area (Å²) in [5.74, 6) is 1.31. The number of carbonyl (C=O) groups is 1. The molecule has 2 saturated heterocycles. The molecule has 0 bridgehead atoms. The zero-order chi connectivity index (χ0) is 15.8. The molecule has 0 N–H and O–H groups in total. The molecule has 2 aliphatic heterocycles. The molecule has 122 valence electrons. The first-order valence-corrected chi connectivity index (χ1v) is 10.1. The number of thiophene rings is 2. The van der Waals surface area contributed by atoms with Crippen LogP contribution >= 0.6 is 22.7 Å². The van der Waals surface area contributed by atoms with Crippen LogP contribution in [0.25, 0.3) is 0 Å². The maximum atomic E-state index is 12.1. The van der Waals surface area contributed by atoms with Gasteiger partial charge in [-0.25, -0.2) is 0 Å². The number of hydrogen-bond acceptors (Lipinski definition) is 4. The molecular weight excluding hydrogens is 324 g/mol. The Morgan fingerprint density at radius 1 is 1.30 bits per heavy atom. The Kier molecular flexibility index (Phi) is 4.26. The van der Waals surface area contributed by atoms with Gasteiger partial charge >= 0.3 is 0 Å². The lowest BCUT2D eigenvalue weighted by Crippen LogP contribution is -2.47. The highest BCUT2D eigenvalue weighted by Crippen LogP contribution is 2.42. The monoisotopic (exact) mass is 346 g/mol. The van der Waals surface area contributed by atoms with E-state index in [1.54, 1.807) is 18.3 Å². The number of likely N-dealkylation sites (tertiary alicyclic amines) is 2. The van der Waals surface area contributed by atoms with Gasteiger partial charge in [0.2, 0.25) is 5.91 Å². The lowest BCUT2D eigenvalue weighted by molar-refractivity contribution is -0.130. The fraction of sp³-hybridized carbons (Fsp3) is 0.500. The van der Waals surface area contributed by atoms with Crippen LogP contribution in [0.3, 0.4) is 0 Å². The van der Waals surface area contributed by atoms with E-state index in [-0.39, 0.29) is 5.91 Å². The first-order valence-electron chi connectivity index (χ1n) is 8.26. The molecule has 0 aromatic carbocycles. The zero-order valence-electron chi connectivity index (χ0n) is 13.4. The highest BCUT2D eigenvalue weighted by molar-refractivity contribution is 7.09. The number of piperidine rings is 1. The summed E-state index contributed by atoms with van der Waals surface area (Å²) in [6, 6.07) is 7.03. The highest BCUT2D eigenvalue weighted by Gasteiger charge is 2.46. The summed E-state index contributed by atoms with van der Waals surface area (Å²) < 4.78 is 0. The van der Waals surface area contributed by atoms with Crippen LogP contribution in [-0.4, -0.2) is 41.4 Å². The van der Waals surface area contributed by atoms with E-state index in [2.05, 4.69) is 44.1 Å². The van der Waals surface area contributed by atoms with Gasteiger partial charge in [-0.15, -0.1) is 11.3 Å². The van der Waals surface area contributed by atoms with Crippen LogP contribution < -0.4 is 0 Å². The smallest absolute Gasteiger partial charge is 0.219 e. The van der Waals surface area contributed by atoms with Crippen LogP contribution in [-0.2, 0) is 11.3 Å². The van der Waals surface area contributed by atoms with E-state index >= 15 is 0 Å². The second-order valence-electron chi connectivity index (χ2n) is 6.67. The molecule has 3 atom stereocenters. The lowest BCUT2D eigenvalue weighted by atomic mass is 9.82. The van der Waals surface area contributed by atoms with E-state index < -0.39 is 0 Å². The Hall–Kier alpha value is -1.17. The SMILES string of the molecule is CC(=O)N1C[C@H](c2ccsc2)[C@H]2CN(Cc3cccs3)CC[C@H]21. The molecule has 5 heteroatoms. The second-order valence-corrected chi connectivity index (χ2v) is 8.48. The standard InChI is InChI=1S/C18H22N2OS2/c1-13(21)20-11-16(14-5-8-22-12-14)17-10-19(6-4-18(17)20)9-15-3-2-7-23-15/h2-3,5,7-8,12,16-18H,4,6,9-11H2,1H3/t16-,17-,18-/m1/s1. The van der Waals surface area contributed by atoms with Crippen LogP contribution in [0.5, 0.6) is 0 Å². The summed E-state index contributed by atoms with van der Waals surface area (Å²) >= 11 is 3.61. The van der Waals surface area contributed by atoms with Gasteiger partial charge in [0, 0.05) is 55.9 Å². The average molecular weight is 347 g/mol. The van der Waals surface area contributed by atoms with Gasteiger partial charge in [0.05, 0.1) is 0 Å². The normalized spacial score (nSPS) is 28.0. The third kappa shape index (κ3) is 2.97. The van der Waals surface area contributed by atoms with Crippen molar-refractivity contribution in [2.75, 3.05) is 19.6 Å². The van der Waals surface area contributed by atoms with Gasteiger partial charge in [-0.05, 0) is 40.3 Å².